The van der Waals surface area contributed by atoms with Gasteiger partial charge in [0, 0.05) is 28.7 Å². The van der Waals surface area contributed by atoms with Crippen molar-refractivity contribution in [2.45, 2.75) is 6.42 Å². The zero-order valence-electron chi connectivity index (χ0n) is 14.7. The van der Waals surface area contributed by atoms with Crippen molar-refractivity contribution >= 4 is 29.1 Å². The van der Waals surface area contributed by atoms with Crippen molar-refractivity contribution in [3.8, 4) is 0 Å². The van der Waals surface area contributed by atoms with E-state index in [1.807, 2.05) is 0 Å². The van der Waals surface area contributed by atoms with Crippen LogP contribution in [0.2, 0.25) is 0 Å². The Morgan fingerprint density at radius 2 is 1.14 bits per heavy atom. The topological polar surface area (TPSA) is 85.3 Å². The summed E-state index contributed by atoms with van der Waals surface area (Å²) in [4.78, 5) is 60.9. The van der Waals surface area contributed by atoms with E-state index in [4.69, 9.17) is 0 Å². The molecule has 0 aliphatic heterocycles. The first-order valence-corrected chi connectivity index (χ1v) is 8.46. The maximum atomic E-state index is 12.5. The minimum absolute atomic E-state index is 0.0657. The third-order valence-electron chi connectivity index (χ3n) is 4.29. The van der Waals surface area contributed by atoms with Crippen molar-refractivity contribution in [2.75, 3.05) is 0 Å². The maximum Gasteiger partial charge on any atom is 0.234 e. The minimum Gasteiger partial charge on any atom is -0.285 e. The van der Waals surface area contributed by atoms with Crippen LogP contribution in [0.4, 0.5) is 0 Å². The highest BCUT2D eigenvalue weighted by molar-refractivity contribution is 6.51. The lowest BCUT2D eigenvalue weighted by molar-refractivity contribution is -0.112. The minimum atomic E-state index is -0.860. The fourth-order valence-corrected chi connectivity index (χ4v) is 2.80. The average molecular weight is 370 g/mol. The Morgan fingerprint density at radius 1 is 0.643 bits per heavy atom. The van der Waals surface area contributed by atoms with Crippen LogP contribution in [0.5, 0.6) is 0 Å². The van der Waals surface area contributed by atoms with Gasteiger partial charge in [-0.05, 0) is 6.08 Å². The second-order valence-corrected chi connectivity index (χ2v) is 6.08. The van der Waals surface area contributed by atoms with Gasteiger partial charge in [-0.15, -0.1) is 0 Å². The van der Waals surface area contributed by atoms with Gasteiger partial charge in [0.2, 0.25) is 23.1 Å². The van der Waals surface area contributed by atoms with Crippen LogP contribution in [0.3, 0.4) is 0 Å². The summed E-state index contributed by atoms with van der Waals surface area (Å²) in [7, 11) is 0. The van der Waals surface area contributed by atoms with E-state index in [9.17, 15) is 24.0 Å². The van der Waals surface area contributed by atoms with Crippen molar-refractivity contribution < 1.29 is 24.0 Å². The van der Waals surface area contributed by atoms with Gasteiger partial charge in [0.05, 0.1) is 5.57 Å². The van der Waals surface area contributed by atoms with Crippen LogP contribution in [0.1, 0.15) is 27.1 Å². The molecular weight excluding hydrogens is 356 g/mol. The Hall–Kier alpha value is -3.95. The lowest BCUT2D eigenvalue weighted by Crippen LogP contribution is -2.22. The first kappa shape index (κ1) is 18.8. The van der Waals surface area contributed by atoms with Crippen LogP contribution in [0.25, 0.3) is 0 Å². The van der Waals surface area contributed by atoms with E-state index >= 15 is 0 Å². The fraction of sp³-hybridized carbons (Fsp3) is 0.0435. The van der Waals surface area contributed by atoms with Crippen molar-refractivity contribution in [1.82, 2.24) is 0 Å². The van der Waals surface area contributed by atoms with Gasteiger partial charge in [-0.2, -0.15) is 0 Å². The van der Waals surface area contributed by atoms with Gasteiger partial charge in [0.25, 0.3) is 0 Å². The van der Waals surface area contributed by atoms with Crippen LogP contribution in [0, 0.1) is 0 Å². The zero-order chi connectivity index (χ0) is 20.1. The second kappa shape index (κ2) is 8.16. The molecule has 136 valence electrons. The van der Waals surface area contributed by atoms with Gasteiger partial charge in [0.1, 0.15) is 5.94 Å². The quantitative estimate of drug-likeness (QED) is 0.443. The Labute approximate surface area is 160 Å². The molecule has 28 heavy (non-hydrogen) atoms. The third kappa shape index (κ3) is 3.75. The smallest absolute Gasteiger partial charge is 0.234 e. The van der Waals surface area contributed by atoms with Gasteiger partial charge in [-0.25, -0.2) is 4.79 Å². The predicted molar refractivity (Wildman–Crippen MR) is 102 cm³/mol. The molecule has 0 N–H and O–H groups in total. The SMILES string of the molecule is O=C=C1CC(C(=O)C(=O)c2ccccc2)=CC=C1C(=O)C(=O)c1ccccc1. The number of carbonyl (C=O) groups excluding carboxylic acids is 5. The standard InChI is InChI=1S/C23H14O5/c24-14-18-13-17(22(27)20(25)15-7-3-1-4-8-15)11-12-19(18)23(28)21(26)16-9-5-2-6-10-16/h1-12H,13H2. The highest BCUT2D eigenvalue weighted by atomic mass is 16.2. The molecule has 0 spiro atoms. The van der Waals surface area contributed by atoms with Gasteiger partial charge < -0.3 is 0 Å². The van der Waals surface area contributed by atoms with Crippen LogP contribution in [0.15, 0.2) is 89.5 Å². The molecule has 0 amide bonds. The number of rotatable bonds is 6. The van der Waals surface area contributed by atoms with Crippen LogP contribution < -0.4 is 0 Å². The molecule has 0 unspecified atom stereocenters. The molecule has 1 aliphatic rings. The first-order valence-electron chi connectivity index (χ1n) is 8.46. The van der Waals surface area contributed by atoms with Crippen LogP contribution >= 0.6 is 0 Å². The number of allylic oxidation sites excluding steroid dienone is 5. The lowest BCUT2D eigenvalue weighted by Gasteiger charge is -2.13. The average Bonchev–Trinajstić information content (AvgIpc) is 2.77. The molecule has 0 saturated carbocycles. The summed E-state index contributed by atoms with van der Waals surface area (Å²) >= 11 is 0. The zero-order valence-corrected chi connectivity index (χ0v) is 14.7. The van der Waals surface area contributed by atoms with Gasteiger partial charge in [0.15, 0.2) is 0 Å². The molecular formula is C23H14O5. The predicted octanol–water partition coefficient (Wildman–Crippen LogP) is 2.90. The van der Waals surface area contributed by atoms with E-state index < -0.39 is 23.1 Å². The highest BCUT2D eigenvalue weighted by Crippen LogP contribution is 2.26. The summed E-state index contributed by atoms with van der Waals surface area (Å²) in [5.74, 6) is -1.47. The summed E-state index contributed by atoms with van der Waals surface area (Å²) in [6.45, 7) is 0. The Balaban J connectivity index is 1.88. The van der Waals surface area contributed by atoms with Crippen molar-refractivity contribution in [3.05, 3.63) is 101 Å². The van der Waals surface area contributed by atoms with Gasteiger partial charge >= 0.3 is 0 Å². The fourth-order valence-electron chi connectivity index (χ4n) is 2.80. The molecule has 0 saturated heterocycles. The molecule has 5 nitrogen and oxygen atoms in total. The number of hydrogen-bond donors (Lipinski definition) is 0. The Kier molecular flexibility index (Phi) is 5.49. The van der Waals surface area contributed by atoms with E-state index in [2.05, 4.69) is 0 Å². The first-order chi connectivity index (χ1) is 13.5. The molecule has 5 heteroatoms. The summed E-state index contributed by atoms with van der Waals surface area (Å²) in [6.07, 6.45) is 2.29. The van der Waals surface area contributed by atoms with E-state index in [0.717, 1.165) is 0 Å². The van der Waals surface area contributed by atoms with Crippen molar-refractivity contribution in [1.29, 1.82) is 0 Å². The molecule has 1 aliphatic carbocycles. The lowest BCUT2D eigenvalue weighted by atomic mass is 9.86. The number of carbonyl (C=O) groups is 4. The summed E-state index contributed by atoms with van der Waals surface area (Å²) < 4.78 is 0. The molecule has 3 rings (SSSR count). The largest absolute Gasteiger partial charge is 0.285 e. The summed E-state index contributed by atoms with van der Waals surface area (Å²) in [5, 5.41) is 0. The van der Waals surface area contributed by atoms with Crippen molar-refractivity contribution in [3.63, 3.8) is 0 Å². The molecule has 0 aromatic heterocycles. The van der Waals surface area contributed by atoms with E-state index in [0.29, 0.717) is 0 Å². The van der Waals surface area contributed by atoms with E-state index in [-0.39, 0.29) is 34.3 Å². The van der Waals surface area contributed by atoms with E-state index in [1.54, 1.807) is 42.3 Å². The van der Waals surface area contributed by atoms with Gasteiger partial charge in [-0.1, -0.05) is 66.7 Å². The van der Waals surface area contributed by atoms with Crippen molar-refractivity contribution in [2.24, 2.45) is 0 Å². The van der Waals surface area contributed by atoms with Gasteiger partial charge in [-0.3, -0.25) is 19.2 Å². The number of Topliss-reactive ketones (excluding diaryl/α,β-unsaturated/α-hetero) is 4. The Bertz CT molecular complexity index is 1080. The normalized spacial score (nSPS) is 13.1. The molecule has 0 fully saturated rings. The second-order valence-electron chi connectivity index (χ2n) is 6.08. The molecule has 0 bridgehead atoms. The van der Waals surface area contributed by atoms with Crippen LogP contribution in [-0.4, -0.2) is 29.1 Å². The summed E-state index contributed by atoms with van der Waals surface area (Å²) in [5.41, 5.74) is 0.253. The number of benzene rings is 2. The third-order valence-corrected chi connectivity index (χ3v) is 4.29. The number of hydrogen-bond acceptors (Lipinski definition) is 5. The van der Waals surface area contributed by atoms with E-state index in [1.165, 1.54) is 36.4 Å². The van der Waals surface area contributed by atoms with Crippen LogP contribution in [-0.2, 0) is 14.4 Å². The molecule has 2 aromatic carbocycles. The summed E-state index contributed by atoms with van der Waals surface area (Å²) in [6, 6.07) is 16.0. The molecule has 0 radical (unpaired) electrons. The molecule has 0 atom stereocenters. The molecule has 2 aromatic rings. The Morgan fingerprint density at radius 3 is 1.64 bits per heavy atom. The maximum absolute atomic E-state index is 12.5. The number of ketones is 4. The highest BCUT2D eigenvalue weighted by Gasteiger charge is 2.29. The monoisotopic (exact) mass is 370 g/mol. The molecule has 0 heterocycles.